The van der Waals surface area contributed by atoms with Crippen molar-refractivity contribution in [1.82, 2.24) is 9.97 Å². The number of fused-ring (bicyclic) bond motifs is 7. The molecular formula is C47H32N2O. The molecule has 7 aromatic carbocycles. The Labute approximate surface area is 335 Å². The van der Waals surface area contributed by atoms with Crippen LogP contribution in [-0.2, 0) is 5.41 Å². The van der Waals surface area contributed by atoms with Gasteiger partial charge in [-0.15, -0.1) is 0 Å². The van der Waals surface area contributed by atoms with Crippen molar-refractivity contribution >= 4 is 32.7 Å². The quantitative estimate of drug-likeness (QED) is 0.187. The first kappa shape index (κ1) is 11.1. The lowest BCUT2D eigenvalue weighted by Crippen LogP contribution is -2.14. The van der Waals surface area contributed by atoms with E-state index in [9.17, 15) is 13.7 Å². The van der Waals surface area contributed by atoms with Gasteiger partial charge in [0.05, 0.1) is 47.0 Å². The molecule has 1 aliphatic rings. The number of hydrogen-bond acceptors (Lipinski definition) is 3. The highest BCUT2D eigenvalue weighted by Crippen LogP contribution is 2.53. The van der Waals surface area contributed by atoms with Gasteiger partial charge in [-0.05, 0) is 80.4 Å². The van der Waals surface area contributed by atoms with Gasteiger partial charge in [-0.1, -0.05) is 135 Å². The molecule has 2 aromatic heterocycles. The summed E-state index contributed by atoms with van der Waals surface area (Å²) in [6, 6.07) is -26.8. The first-order valence-electron chi connectivity index (χ1n) is 30.6. The monoisotopic (exact) mass is 672 g/mol. The molecule has 0 spiro atoms. The summed E-state index contributed by atoms with van der Waals surface area (Å²) >= 11 is 0. The maximum absolute atomic E-state index is 9.86. The maximum atomic E-state index is 9.86. The first-order chi connectivity index (χ1) is 37.9. The van der Waals surface area contributed by atoms with Crippen molar-refractivity contribution in [2.24, 2.45) is 0 Å². The number of rotatable bonds is 4. The Bertz CT molecular complexity index is 4430. The van der Waals surface area contributed by atoms with Crippen LogP contribution in [0.1, 0.15) is 68.7 Å². The van der Waals surface area contributed by atoms with Crippen LogP contribution in [-0.4, -0.2) is 9.97 Å². The standard InChI is InChI=1S/C47H32N2O/c1-47(2)39-17-10-16-36(45(39)38-26-32-13-6-7-14-33(32)27-40(38)47)42-28-41(48-46(49-42)31-11-4-3-5-12-31)30-21-19-29(20-22-30)34-23-24-44-37(25-34)35-15-8-9-18-43(35)50-44/h3-28H,1-2H3/i1D3,2D3,3D,4D,5D,6D,7D,8D,9D,10D,11D,12D,13D,14D,15D,16D,17D,18D,19D,20D,21D,22D,23D,24D,25D,26D,27D,28D. The van der Waals surface area contributed by atoms with E-state index in [2.05, 4.69) is 9.97 Å². The molecule has 0 fully saturated rings. The summed E-state index contributed by atoms with van der Waals surface area (Å²) in [5.74, 6) is -1.05. The minimum absolute atomic E-state index is 0.429. The highest BCUT2D eigenvalue weighted by molar-refractivity contribution is 6.06. The van der Waals surface area contributed by atoms with E-state index >= 15 is 0 Å². The predicted octanol–water partition coefficient (Wildman–Crippen LogP) is 12.5. The van der Waals surface area contributed by atoms with Crippen molar-refractivity contribution in [3.63, 3.8) is 0 Å². The van der Waals surface area contributed by atoms with Gasteiger partial charge in [0.25, 0.3) is 0 Å². The summed E-state index contributed by atoms with van der Waals surface area (Å²) in [6.45, 7) is -7.95. The van der Waals surface area contributed by atoms with Gasteiger partial charge >= 0.3 is 0 Å². The largest absolute Gasteiger partial charge is 0.456 e. The molecular weight excluding hydrogens is 609 g/mol. The molecule has 0 saturated heterocycles. The van der Waals surface area contributed by atoms with E-state index in [1.54, 1.807) is 0 Å². The minimum Gasteiger partial charge on any atom is -0.456 e. The third kappa shape index (κ3) is 4.44. The van der Waals surface area contributed by atoms with Gasteiger partial charge in [-0.2, -0.15) is 0 Å². The molecule has 3 heteroatoms. The Hall–Kier alpha value is -6.32. The van der Waals surface area contributed by atoms with Crippen molar-refractivity contribution in [3.8, 4) is 56.2 Å². The molecule has 50 heavy (non-hydrogen) atoms. The predicted molar refractivity (Wildman–Crippen MR) is 206 cm³/mol. The number of nitrogens with zero attached hydrogens (tertiary/aromatic N) is 2. The van der Waals surface area contributed by atoms with Crippen LogP contribution in [0.4, 0.5) is 0 Å². The average Bonchev–Trinajstić information content (AvgIpc) is 1.73. The SMILES string of the molecule is [2H]c1c(-c2c([2H])c([2H])c(-c3c([2H])c([2H])c4oc5c([2H])c([2H])c([2H])c([2H])c5c4c3[2H])c([2H])c2[2H])nc(-c2c([2H])c([2H])c([2H])c([2H])c2[2H])nc1-c1c([2H])c([2H])c([2H])c2c1-c1c(c([2H])c3c([2H])c([2H])c([2H])c([2H])c3c1[2H])C2(C([2H])([2H])[2H])C([2H])([2H])[2H]. The Morgan fingerprint density at radius 2 is 1.20 bits per heavy atom. The lowest BCUT2D eigenvalue weighted by Gasteiger charge is -2.22. The maximum Gasteiger partial charge on any atom is 0.160 e. The second-order valence-corrected chi connectivity index (χ2v) is 10.9. The molecule has 0 N–H and O–H groups in total. The van der Waals surface area contributed by atoms with Crippen LogP contribution >= 0.6 is 0 Å². The van der Waals surface area contributed by atoms with Gasteiger partial charge in [0, 0.05) is 41.1 Å². The Kier molecular flexibility index (Phi) is 2.41. The molecule has 236 valence electrons. The van der Waals surface area contributed by atoms with Gasteiger partial charge < -0.3 is 4.42 Å². The Morgan fingerprint density at radius 3 is 2.04 bits per heavy atom. The summed E-state index contributed by atoms with van der Waals surface area (Å²) < 4.78 is 292. The van der Waals surface area contributed by atoms with E-state index in [0.717, 1.165) is 0 Å². The molecule has 0 bridgehead atoms. The molecule has 0 atom stereocenters. The molecule has 0 unspecified atom stereocenters. The van der Waals surface area contributed by atoms with Crippen molar-refractivity contribution in [3.05, 3.63) is 168 Å². The van der Waals surface area contributed by atoms with Crippen LogP contribution in [0, 0.1) is 0 Å². The second-order valence-electron chi connectivity index (χ2n) is 10.9. The van der Waals surface area contributed by atoms with Crippen LogP contribution < -0.4 is 0 Å². The van der Waals surface area contributed by atoms with E-state index < -0.39 is 276 Å². The smallest absolute Gasteiger partial charge is 0.160 e. The second kappa shape index (κ2) is 10.8. The minimum atomic E-state index is -3.98. The fraction of sp³-hybridized carbons (Fsp3) is 0.0638. The Morgan fingerprint density at radius 1 is 0.500 bits per heavy atom. The van der Waals surface area contributed by atoms with Crippen LogP contribution in [0.2, 0.25) is 0 Å². The molecule has 0 radical (unpaired) electrons. The zero-order valence-electron chi connectivity index (χ0n) is 56.8. The normalized spacial score (nSPS) is 22.7. The van der Waals surface area contributed by atoms with Gasteiger partial charge in [-0.3, -0.25) is 0 Å². The summed E-state index contributed by atoms with van der Waals surface area (Å²) in [5.41, 5.74) is -16.0. The van der Waals surface area contributed by atoms with E-state index in [1.165, 1.54) is 0 Å². The van der Waals surface area contributed by atoms with Crippen LogP contribution in [0.25, 0.3) is 88.9 Å². The third-order valence-corrected chi connectivity index (χ3v) is 7.94. The zero-order valence-corrected chi connectivity index (χ0v) is 24.8. The van der Waals surface area contributed by atoms with Gasteiger partial charge in [0.15, 0.2) is 5.82 Å². The summed E-state index contributed by atoms with van der Waals surface area (Å²) in [7, 11) is 0. The van der Waals surface area contributed by atoms with E-state index in [4.69, 9.17) is 34.6 Å². The van der Waals surface area contributed by atoms with Crippen molar-refractivity contribution < 1.29 is 48.3 Å². The topological polar surface area (TPSA) is 38.9 Å². The summed E-state index contributed by atoms with van der Waals surface area (Å²) in [5, 5.41) is -2.54. The van der Waals surface area contributed by atoms with E-state index in [0.29, 0.717) is 0 Å². The van der Waals surface area contributed by atoms with E-state index in [-0.39, 0.29) is 0 Å². The molecule has 0 saturated carbocycles. The molecule has 2 heterocycles. The molecule has 3 nitrogen and oxygen atoms in total. The molecule has 1 aliphatic carbocycles. The lowest BCUT2D eigenvalue weighted by atomic mass is 9.81. The van der Waals surface area contributed by atoms with Gasteiger partial charge in [-0.25, -0.2) is 9.97 Å². The summed E-state index contributed by atoms with van der Waals surface area (Å²) in [4.78, 5) is 8.62. The number of furan rings is 1. The van der Waals surface area contributed by atoms with Gasteiger partial charge in [0.2, 0.25) is 0 Å². The fourth-order valence-electron chi connectivity index (χ4n) is 5.68. The molecule has 9 aromatic rings. The third-order valence-electron chi connectivity index (χ3n) is 7.94. The molecule has 10 rings (SSSR count). The fourth-order valence-corrected chi connectivity index (χ4v) is 5.68. The van der Waals surface area contributed by atoms with E-state index in [1.807, 2.05) is 0 Å². The number of para-hydroxylation sites is 1. The number of hydrogen-bond donors (Lipinski definition) is 0. The lowest BCUT2D eigenvalue weighted by molar-refractivity contribution is 0.661. The highest BCUT2D eigenvalue weighted by atomic mass is 16.3. The van der Waals surface area contributed by atoms with Crippen LogP contribution in [0.15, 0.2) is 162 Å². The molecule has 0 aliphatic heterocycles. The van der Waals surface area contributed by atoms with Crippen molar-refractivity contribution in [2.75, 3.05) is 0 Å². The highest BCUT2D eigenvalue weighted by Gasteiger charge is 2.37. The van der Waals surface area contributed by atoms with Crippen molar-refractivity contribution in [2.45, 2.75) is 19.1 Å². The van der Waals surface area contributed by atoms with Crippen LogP contribution in [0.3, 0.4) is 0 Å². The number of aromatic nitrogens is 2. The zero-order chi connectivity index (χ0) is 61.0. The average molecular weight is 673 g/mol. The van der Waals surface area contributed by atoms with Crippen LogP contribution in [0.5, 0.6) is 0 Å². The summed E-state index contributed by atoms with van der Waals surface area (Å²) in [6.07, 6.45) is 0. The number of benzene rings is 7. The van der Waals surface area contributed by atoms with Gasteiger partial charge in [0.1, 0.15) is 11.2 Å². The molecule has 0 amide bonds. The Balaban J connectivity index is 1.41. The first-order valence-corrected chi connectivity index (χ1v) is 14.6. The van der Waals surface area contributed by atoms with Crippen molar-refractivity contribution in [1.29, 1.82) is 0 Å².